The third-order valence-corrected chi connectivity index (χ3v) is 3.99. The third kappa shape index (κ3) is 2.74. The molecule has 1 heterocycles. The van der Waals surface area contributed by atoms with Crippen LogP contribution >= 0.6 is 0 Å². The van der Waals surface area contributed by atoms with E-state index in [0.29, 0.717) is 5.56 Å². The number of sulfonamides is 1. The molecule has 1 atom stereocenters. The Kier molecular flexibility index (Phi) is 3.44. The average Bonchev–Trinajstić information content (AvgIpc) is 2.83. The summed E-state index contributed by atoms with van der Waals surface area (Å²) in [6, 6.07) is 5.21. The molecule has 0 aliphatic rings. The lowest BCUT2D eigenvalue weighted by molar-refractivity contribution is 0.566. The van der Waals surface area contributed by atoms with Gasteiger partial charge < -0.3 is 0 Å². The molecule has 0 saturated heterocycles. The van der Waals surface area contributed by atoms with Crippen molar-refractivity contribution in [2.24, 2.45) is 0 Å². The summed E-state index contributed by atoms with van der Waals surface area (Å²) in [5.41, 5.74) is 0.684. The molecule has 96 valence electrons. The van der Waals surface area contributed by atoms with Gasteiger partial charge in [-0.05, 0) is 24.6 Å². The molecule has 0 fully saturated rings. The minimum Gasteiger partial charge on any atom is -0.284 e. The molecule has 18 heavy (non-hydrogen) atoms. The molecule has 2 rings (SSSR count). The maximum atomic E-state index is 12.8. The van der Waals surface area contributed by atoms with E-state index >= 15 is 0 Å². The van der Waals surface area contributed by atoms with E-state index in [1.165, 1.54) is 36.7 Å². The molecule has 1 aromatic carbocycles. The number of H-pyrrole nitrogens is 1. The van der Waals surface area contributed by atoms with E-state index in [2.05, 4.69) is 14.9 Å². The van der Waals surface area contributed by atoms with Crippen LogP contribution < -0.4 is 4.72 Å². The van der Waals surface area contributed by atoms with Crippen LogP contribution in [0.1, 0.15) is 18.5 Å². The Labute approximate surface area is 104 Å². The molecule has 1 unspecified atom stereocenters. The lowest BCUT2D eigenvalue weighted by atomic mass is 10.1. The highest BCUT2D eigenvalue weighted by atomic mass is 32.2. The van der Waals surface area contributed by atoms with Gasteiger partial charge in [-0.2, -0.15) is 5.10 Å². The number of halogens is 1. The van der Waals surface area contributed by atoms with Crippen LogP contribution in [-0.4, -0.2) is 18.6 Å². The third-order valence-electron chi connectivity index (χ3n) is 2.49. The van der Waals surface area contributed by atoms with E-state index in [9.17, 15) is 12.8 Å². The van der Waals surface area contributed by atoms with Crippen LogP contribution in [0.15, 0.2) is 41.6 Å². The molecule has 5 nitrogen and oxygen atoms in total. The fraction of sp³-hybridized carbons (Fsp3) is 0.182. The summed E-state index contributed by atoms with van der Waals surface area (Å²) in [7, 11) is -3.61. The van der Waals surface area contributed by atoms with E-state index in [0.717, 1.165) is 0 Å². The van der Waals surface area contributed by atoms with E-state index in [4.69, 9.17) is 0 Å². The normalized spacial score (nSPS) is 13.4. The lowest BCUT2D eigenvalue weighted by Gasteiger charge is -2.13. The predicted octanol–water partition coefficient (Wildman–Crippen LogP) is 1.59. The zero-order valence-corrected chi connectivity index (χ0v) is 10.4. The summed E-state index contributed by atoms with van der Waals surface area (Å²) in [5.74, 6) is -0.358. The van der Waals surface area contributed by atoms with Gasteiger partial charge in [-0.25, -0.2) is 17.5 Å². The summed E-state index contributed by atoms with van der Waals surface area (Å²) in [6.07, 6.45) is 2.51. The van der Waals surface area contributed by atoms with Gasteiger partial charge in [-0.15, -0.1) is 0 Å². The van der Waals surface area contributed by atoms with E-state index in [1.54, 1.807) is 6.92 Å². The quantitative estimate of drug-likeness (QED) is 0.885. The van der Waals surface area contributed by atoms with Crippen molar-refractivity contribution in [1.29, 1.82) is 0 Å². The lowest BCUT2D eigenvalue weighted by Crippen LogP contribution is -2.26. The zero-order valence-electron chi connectivity index (χ0n) is 9.59. The Balaban J connectivity index is 2.17. The van der Waals surface area contributed by atoms with Crippen LogP contribution in [0.25, 0.3) is 0 Å². The van der Waals surface area contributed by atoms with Crippen molar-refractivity contribution in [1.82, 2.24) is 14.9 Å². The number of benzene rings is 1. The van der Waals surface area contributed by atoms with Crippen molar-refractivity contribution in [2.45, 2.75) is 17.9 Å². The minimum absolute atomic E-state index is 0.0662. The van der Waals surface area contributed by atoms with Crippen LogP contribution in [0.5, 0.6) is 0 Å². The van der Waals surface area contributed by atoms with Crippen molar-refractivity contribution in [3.8, 4) is 0 Å². The van der Waals surface area contributed by atoms with Gasteiger partial charge in [0.05, 0.1) is 6.20 Å². The average molecular weight is 269 g/mol. The zero-order chi connectivity index (χ0) is 13.2. The molecule has 0 radical (unpaired) electrons. The SMILES string of the molecule is CC(NS(=O)(=O)c1cn[nH]c1)c1ccc(F)cc1. The van der Waals surface area contributed by atoms with Crippen LogP contribution in [0.2, 0.25) is 0 Å². The second-order valence-electron chi connectivity index (χ2n) is 3.83. The fourth-order valence-electron chi connectivity index (χ4n) is 1.51. The molecular weight excluding hydrogens is 257 g/mol. The Morgan fingerprint density at radius 3 is 2.56 bits per heavy atom. The molecule has 0 saturated carbocycles. The van der Waals surface area contributed by atoms with Gasteiger partial charge in [0.1, 0.15) is 10.7 Å². The summed E-state index contributed by atoms with van der Waals surface area (Å²) < 4.78 is 39.0. The second kappa shape index (κ2) is 4.87. The first-order valence-electron chi connectivity index (χ1n) is 5.25. The van der Waals surface area contributed by atoms with Gasteiger partial charge in [-0.3, -0.25) is 5.10 Å². The maximum absolute atomic E-state index is 12.8. The molecular formula is C11H12FN3O2S. The highest BCUT2D eigenvalue weighted by Crippen LogP contribution is 2.16. The second-order valence-corrected chi connectivity index (χ2v) is 5.54. The summed E-state index contributed by atoms with van der Waals surface area (Å²) >= 11 is 0. The molecule has 0 aliphatic heterocycles. The van der Waals surface area contributed by atoms with Crippen molar-refractivity contribution in [3.63, 3.8) is 0 Å². The maximum Gasteiger partial charge on any atom is 0.244 e. The topological polar surface area (TPSA) is 74.8 Å². The van der Waals surface area contributed by atoms with Crippen molar-refractivity contribution in [3.05, 3.63) is 48.0 Å². The first-order valence-corrected chi connectivity index (χ1v) is 6.74. The number of nitrogens with one attached hydrogen (secondary N) is 2. The van der Waals surface area contributed by atoms with Gasteiger partial charge in [0, 0.05) is 12.2 Å². The molecule has 0 spiro atoms. The van der Waals surface area contributed by atoms with Crippen molar-refractivity contribution >= 4 is 10.0 Å². The molecule has 7 heteroatoms. The smallest absolute Gasteiger partial charge is 0.244 e. The Morgan fingerprint density at radius 2 is 2.00 bits per heavy atom. The van der Waals surface area contributed by atoms with E-state index < -0.39 is 16.1 Å². The van der Waals surface area contributed by atoms with Crippen LogP contribution in [-0.2, 0) is 10.0 Å². The molecule has 0 aliphatic carbocycles. The number of hydrogen-bond donors (Lipinski definition) is 2. The van der Waals surface area contributed by atoms with E-state index in [1.807, 2.05) is 0 Å². The Hall–Kier alpha value is -1.73. The number of rotatable bonds is 4. The molecule has 0 bridgehead atoms. The van der Waals surface area contributed by atoms with Crippen molar-refractivity contribution < 1.29 is 12.8 Å². The van der Waals surface area contributed by atoms with Gasteiger partial charge >= 0.3 is 0 Å². The van der Waals surface area contributed by atoms with Gasteiger partial charge in [-0.1, -0.05) is 12.1 Å². The first kappa shape index (κ1) is 12.7. The monoisotopic (exact) mass is 269 g/mol. The van der Waals surface area contributed by atoms with Gasteiger partial charge in [0.2, 0.25) is 10.0 Å². The number of hydrogen-bond acceptors (Lipinski definition) is 3. The van der Waals surface area contributed by atoms with Crippen LogP contribution in [0, 0.1) is 5.82 Å². The largest absolute Gasteiger partial charge is 0.284 e. The highest BCUT2D eigenvalue weighted by Gasteiger charge is 2.19. The molecule has 2 aromatic rings. The molecule has 2 N–H and O–H groups in total. The standard InChI is InChI=1S/C11H12FN3O2S/c1-8(9-2-4-10(12)5-3-9)15-18(16,17)11-6-13-14-7-11/h2-8,15H,1H3,(H,13,14). The highest BCUT2D eigenvalue weighted by molar-refractivity contribution is 7.89. The molecule has 0 amide bonds. The summed E-state index contributed by atoms with van der Waals surface area (Å²) in [4.78, 5) is 0.0662. The molecule has 1 aromatic heterocycles. The fourth-order valence-corrected chi connectivity index (χ4v) is 2.64. The Bertz CT molecular complexity index is 608. The van der Waals surface area contributed by atoms with E-state index in [-0.39, 0.29) is 10.7 Å². The Morgan fingerprint density at radius 1 is 1.33 bits per heavy atom. The van der Waals surface area contributed by atoms with Gasteiger partial charge in [0.15, 0.2) is 0 Å². The minimum atomic E-state index is -3.61. The van der Waals surface area contributed by atoms with Crippen LogP contribution in [0.4, 0.5) is 4.39 Å². The number of aromatic amines is 1. The first-order chi connectivity index (χ1) is 8.49. The van der Waals surface area contributed by atoms with Crippen molar-refractivity contribution in [2.75, 3.05) is 0 Å². The van der Waals surface area contributed by atoms with Gasteiger partial charge in [0.25, 0.3) is 0 Å². The number of aromatic nitrogens is 2. The predicted molar refractivity (Wildman–Crippen MR) is 63.7 cm³/mol. The number of nitrogens with zero attached hydrogens (tertiary/aromatic N) is 1. The summed E-state index contributed by atoms with van der Waals surface area (Å²) in [6.45, 7) is 1.69. The van der Waals surface area contributed by atoms with Crippen LogP contribution in [0.3, 0.4) is 0 Å². The summed E-state index contributed by atoms with van der Waals surface area (Å²) in [5, 5.41) is 6.02.